The first-order valence-electron chi connectivity index (χ1n) is 7.98. The average Bonchev–Trinajstić information content (AvgIpc) is 2.46. The molecule has 0 aromatic heterocycles. The zero-order chi connectivity index (χ0) is 16.4. The molecule has 0 aromatic rings. The minimum atomic E-state index is -4.15. The molecule has 0 unspecified atom stereocenters. The predicted molar refractivity (Wildman–Crippen MR) is 83.2 cm³/mol. The summed E-state index contributed by atoms with van der Waals surface area (Å²) < 4.78 is 36.4. The molecule has 0 saturated carbocycles. The van der Waals surface area contributed by atoms with E-state index in [0.717, 1.165) is 39.3 Å². The molecule has 0 radical (unpaired) electrons. The monoisotopic (exact) mass is 323 g/mol. The van der Waals surface area contributed by atoms with Crippen molar-refractivity contribution in [1.29, 1.82) is 0 Å². The van der Waals surface area contributed by atoms with Gasteiger partial charge in [0.1, 0.15) is 0 Å². The van der Waals surface area contributed by atoms with Crippen LogP contribution in [0.3, 0.4) is 0 Å². The van der Waals surface area contributed by atoms with Gasteiger partial charge in [0.05, 0.1) is 13.0 Å². The maximum Gasteiger partial charge on any atom is 0.390 e. The van der Waals surface area contributed by atoms with Gasteiger partial charge in [0.2, 0.25) is 0 Å². The van der Waals surface area contributed by atoms with Crippen LogP contribution in [-0.2, 0) is 0 Å². The van der Waals surface area contributed by atoms with Crippen molar-refractivity contribution < 1.29 is 13.2 Å². The molecule has 1 fully saturated rings. The van der Waals surface area contributed by atoms with Crippen LogP contribution < -0.4 is 10.6 Å². The molecule has 5 nitrogen and oxygen atoms in total. The number of hydrogen-bond acceptors (Lipinski definition) is 3. The van der Waals surface area contributed by atoms with Gasteiger partial charge in [-0.05, 0) is 13.5 Å². The van der Waals surface area contributed by atoms with Crippen LogP contribution >= 0.6 is 0 Å². The van der Waals surface area contributed by atoms with Crippen LogP contribution in [0.15, 0.2) is 4.99 Å². The predicted octanol–water partition coefficient (Wildman–Crippen LogP) is 1.13. The molecule has 0 aromatic carbocycles. The van der Waals surface area contributed by atoms with Gasteiger partial charge in [-0.1, -0.05) is 6.92 Å². The summed E-state index contributed by atoms with van der Waals surface area (Å²) in [5, 5.41) is 6.06. The highest BCUT2D eigenvalue weighted by Gasteiger charge is 2.26. The van der Waals surface area contributed by atoms with E-state index in [1.165, 1.54) is 0 Å². The molecule has 8 heteroatoms. The van der Waals surface area contributed by atoms with Gasteiger partial charge in [0.15, 0.2) is 5.96 Å². The molecule has 2 N–H and O–H groups in total. The van der Waals surface area contributed by atoms with Crippen molar-refractivity contribution in [3.8, 4) is 0 Å². The summed E-state index contributed by atoms with van der Waals surface area (Å²) in [4.78, 5) is 8.72. The Morgan fingerprint density at radius 3 is 2.23 bits per heavy atom. The number of likely N-dealkylation sites (N-methyl/N-ethyl adjacent to an activating group) is 1. The van der Waals surface area contributed by atoms with E-state index in [-0.39, 0.29) is 6.54 Å². The highest BCUT2D eigenvalue weighted by molar-refractivity contribution is 5.79. The van der Waals surface area contributed by atoms with Gasteiger partial charge >= 0.3 is 6.18 Å². The van der Waals surface area contributed by atoms with Gasteiger partial charge in [-0.3, -0.25) is 9.89 Å². The lowest BCUT2D eigenvalue weighted by Crippen LogP contribution is -2.49. The first-order valence-corrected chi connectivity index (χ1v) is 7.98. The molecule has 130 valence electrons. The molecule has 0 spiro atoms. The van der Waals surface area contributed by atoms with Crippen LogP contribution in [0.25, 0.3) is 0 Å². The number of nitrogens with zero attached hydrogens (tertiary/aromatic N) is 3. The summed E-state index contributed by atoms with van der Waals surface area (Å²) in [6.07, 6.45) is -5.04. The Hall–Kier alpha value is -1.02. The lowest BCUT2D eigenvalue weighted by Gasteiger charge is -2.34. The average molecular weight is 323 g/mol. The zero-order valence-corrected chi connectivity index (χ0v) is 13.5. The molecular formula is C14H28F3N5. The summed E-state index contributed by atoms with van der Waals surface area (Å²) in [5.74, 6) is 0.457. The minimum absolute atomic E-state index is 0.242. The van der Waals surface area contributed by atoms with E-state index in [9.17, 15) is 13.2 Å². The van der Waals surface area contributed by atoms with E-state index in [4.69, 9.17) is 0 Å². The summed E-state index contributed by atoms with van der Waals surface area (Å²) in [7, 11) is 0. The number of aliphatic imine (C=N–C) groups is 1. The Morgan fingerprint density at radius 2 is 1.68 bits per heavy atom. The Labute approximate surface area is 130 Å². The number of piperazine rings is 1. The fourth-order valence-corrected chi connectivity index (χ4v) is 2.30. The second kappa shape index (κ2) is 9.89. The Bertz CT molecular complexity index is 325. The molecule has 0 amide bonds. The SMILES string of the molecule is CCNC(=NCCC(F)(F)F)NCCN1CCN(CC)CC1. The molecule has 1 rings (SSSR count). The third kappa shape index (κ3) is 8.43. The summed E-state index contributed by atoms with van der Waals surface area (Å²) in [6, 6.07) is 0. The molecule has 0 atom stereocenters. The first kappa shape index (κ1) is 19.0. The number of alkyl halides is 3. The van der Waals surface area contributed by atoms with Crippen LogP contribution in [0.1, 0.15) is 20.3 Å². The number of halogens is 3. The van der Waals surface area contributed by atoms with Gasteiger partial charge in [-0.15, -0.1) is 0 Å². The van der Waals surface area contributed by atoms with Crippen molar-refractivity contribution in [2.24, 2.45) is 4.99 Å². The van der Waals surface area contributed by atoms with Gasteiger partial charge in [0, 0.05) is 45.8 Å². The normalized spacial score (nSPS) is 18.5. The van der Waals surface area contributed by atoms with E-state index >= 15 is 0 Å². The number of guanidine groups is 1. The van der Waals surface area contributed by atoms with Crippen LogP contribution in [0, 0.1) is 0 Å². The van der Waals surface area contributed by atoms with Crippen LogP contribution in [0.2, 0.25) is 0 Å². The van der Waals surface area contributed by atoms with Crippen molar-refractivity contribution in [3.63, 3.8) is 0 Å². The quantitative estimate of drug-likeness (QED) is 0.544. The molecule has 1 heterocycles. The van der Waals surface area contributed by atoms with E-state index in [1.54, 1.807) is 0 Å². The standard InChI is InChI=1S/C14H28F3N5/c1-3-18-13(19-6-5-14(15,16)17)20-7-8-22-11-9-21(4-2)10-12-22/h3-12H2,1-2H3,(H2,18,19,20). The van der Waals surface area contributed by atoms with Crippen molar-refractivity contribution in [3.05, 3.63) is 0 Å². The molecular weight excluding hydrogens is 295 g/mol. The van der Waals surface area contributed by atoms with E-state index < -0.39 is 12.6 Å². The summed E-state index contributed by atoms with van der Waals surface area (Å²) >= 11 is 0. The lowest BCUT2D eigenvalue weighted by atomic mass is 10.3. The van der Waals surface area contributed by atoms with Crippen molar-refractivity contribution in [1.82, 2.24) is 20.4 Å². The third-order valence-electron chi connectivity index (χ3n) is 3.64. The fraction of sp³-hybridized carbons (Fsp3) is 0.929. The topological polar surface area (TPSA) is 42.9 Å². The second-order valence-corrected chi connectivity index (χ2v) is 5.33. The van der Waals surface area contributed by atoms with Crippen LogP contribution in [0.5, 0.6) is 0 Å². The maximum absolute atomic E-state index is 12.1. The maximum atomic E-state index is 12.1. The van der Waals surface area contributed by atoms with Gasteiger partial charge in [0.25, 0.3) is 0 Å². The highest BCUT2D eigenvalue weighted by Crippen LogP contribution is 2.18. The second-order valence-electron chi connectivity index (χ2n) is 5.33. The van der Waals surface area contributed by atoms with Gasteiger partial charge < -0.3 is 15.5 Å². The lowest BCUT2D eigenvalue weighted by molar-refractivity contribution is -0.132. The van der Waals surface area contributed by atoms with E-state index in [1.807, 2.05) is 6.92 Å². The Morgan fingerprint density at radius 1 is 1.05 bits per heavy atom. The first-order chi connectivity index (χ1) is 10.4. The van der Waals surface area contributed by atoms with E-state index in [0.29, 0.717) is 19.0 Å². The summed E-state index contributed by atoms with van der Waals surface area (Å²) in [6.45, 7) is 11.3. The molecule has 1 aliphatic heterocycles. The fourth-order valence-electron chi connectivity index (χ4n) is 2.30. The number of hydrogen-bond donors (Lipinski definition) is 2. The molecule has 0 aliphatic carbocycles. The Balaban J connectivity index is 2.25. The van der Waals surface area contributed by atoms with E-state index in [2.05, 4.69) is 32.3 Å². The number of nitrogens with one attached hydrogen (secondary N) is 2. The Kier molecular flexibility index (Phi) is 8.55. The highest BCUT2D eigenvalue weighted by atomic mass is 19.4. The third-order valence-corrected chi connectivity index (χ3v) is 3.64. The zero-order valence-electron chi connectivity index (χ0n) is 13.5. The van der Waals surface area contributed by atoms with Crippen LogP contribution in [-0.4, -0.2) is 80.8 Å². The van der Waals surface area contributed by atoms with Crippen molar-refractivity contribution in [2.45, 2.75) is 26.4 Å². The van der Waals surface area contributed by atoms with Crippen LogP contribution in [0.4, 0.5) is 13.2 Å². The number of rotatable bonds is 7. The van der Waals surface area contributed by atoms with Crippen molar-refractivity contribution >= 4 is 5.96 Å². The molecule has 1 saturated heterocycles. The largest absolute Gasteiger partial charge is 0.390 e. The van der Waals surface area contributed by atoms with Crippen molar-refractivity contribution in [2.75, 3.05) is 58.9 Å². The minimum Gasteiger partial charge on any atom is -0.357 e. The smallest absolute Gasteiger partial charge is 0.357 e. The molecule has 1 aliphatic rings. The van der Waals surface area contributed by atoms with Gasteiger partial charge in [-0.2, -0.15) is 13.2 Å². The molecule has 22 heavy (non-hydrogen) atoms. The molecule has 0 bridgehead atoms. The van der Waals surface area contributed by atoms with Gasteiger partial charge in [-0.25, -0.2) is 0 Å². The summed E-state index contributed by atoms with van der Waals surface area (Å²) in [5.41, 5.74) is 0.